The van der Waals surface area contributed by atoms with E-state index in [0.717, 1.165) is 19.5 Å². The summed E-state index contributed by atoms with van der Waals surface area (Å²) in [5.74, 6) is -0.969. The van der Waals surface area contributed by atoms with Crippen LogP contribution in [0.3, 0.4) is 0 Å². The second-order valence-corrected chi connectivity index (χ2v) is 3.85. The van der Waals surface area contributed by atoms with E-state index in [1.54, 1.807) is 6.92 Å². The number of carbonyl (C=O) groups is 2. The van der Waals surface area contributed by atoms with Crippen molar-refractivity contribution in [3.8, 4) is 0 Å². The number of hydrogen-bond donors (Lipinski definition) is 1. The van der Waals surface area contributed by atoms with E-state index < -0.39 is 11.9 Å². The number of nitrogens with zero attached hydrogens (tertiary/aromatic N) is 1. The molecular formula is C10H18N2O3. The number of hydrogen-bond acceptors (Lipinski definition) is 4. The summed E-state index contributed by atoms with van der Waals surface area (Å²) >= 11 is 0. The number of esters is 1. The quantitative estimate of drug-likeness (QED) is 0.514. The smallest absolute Gasteiger partial charge is 0.396 e. The van der Waals surface area contributed by atoms with Crippen LogP contribution in [-0.2, 0) is 14.3 Å². The molecule has 1 aliphatic rings. The molecule has 5 nitrogen and oxygen atoms in total. The molecule has 1 saturated heterocycles. The second-order valence-electron chi connectivity index (χ2n) is 3.85. The van der Waals surface area contributed by atoms with E-state index >= 15 is 0 Å². The first kappa shape index (κ1) is 12.0. The van der Waals surface area contributed by atoms with Crippen molar-refractivity contribution >= 4 is 11.9 Å². The molecular weight excluding hydrogens is 196 g/mol. The highest BCUT2D eigenvalue weighted by Gasteiger charge is 2.21. The molecule has 15 heavy (non-hydrogen) atoms. The lowest BCUT2D eigenvalue weighted by atomic mass is 10.1. The van der Waals surface area contributed by atoms with Crippen LogP contribution in [0, 0.1) is 5.92 Å². The lowest BCUT2D eigenvalue weighted by molar-refractivity contribution is -0.154. The number of rotatable bonds is 3. The Labute approximate surface area is 89.8 Å². The maximum Gasteiger partial charge on any atom is 0.396 e. The third-order valence-electron chi connectivity index (χ3n) is 2.50. The summed E-state index contributed by atoms with van der Waals surface area (Å²) in [6.45, 7) is 4.50. The maximum atomic E-state index is 11.2. The highest BCUT2D eigenvalue weighted by atomic mass is 16.5. The van der Waals surface area contributed by atoms with E-state index in [1.165, 1.54) is 0 Å². The van der Waals surface area contributed by atoms with Crippen molar-refractivity contribution in [1.82, 2.24) is 10.2 Å². The normalized spacial score (nSPS) is 21.3. The second kappa shape index (κ2) is 5.70. The fourth-order valence-corrected chi connectivity index (χ4v) is 1.70. The Morgan fingerprint density at radius 2 is 2.27 bits per heavy atom. The molecule has 0 aliphatic carbocycles. The molecule has 1 unspecified atom stereocenters. The van der Waals surface area contributed by atoms with Crippen LogP contribution in [-0.4, -0.2) is 50.1 Å². The minimum Gasteiger partial charge on any atom is -0.459 e. The molecule has 1 N–H and O–H groups in total. The highest BCUT2D eigenvalue weighted by molar-refractivity contribution is 6.32. The van der Waals surface area contributed by atoms with E-state index in [9.17, 15) is 9.59 Å². The van der Waals surface area contributed by atoms with Gasteiger partial charge in [0.2, 0.25) is 0 Å². The Morgan fingerprint density at radius 3 is 2.80 bits per heavy atom. The van der Waals surface area contributed by atoms with Crippen LogP contribution in [0.5, 0.6) is 0 Å². The zero-order chi connectivity index (χ0) is 11.3. The first-order valence-electron chi connectivity index (χ1n) is 5.27. The van der Waals surface area contributed by atoms with Crippen molar-refractivity contribution in [2.24, 2.45) is 5.92 Å². The van der Waals surface area contributed by atoms with Crippen LogP contribution in [0.1, 0.15) is 13.3 Å². The minimum atomic E-state index is -0.788. The first-order chi connectivity index (χ1) is 7.13. The van der Waals surface area contributed by atoms with E-state index in [-0.39, 0.29) is 6.61 Å². The van der Waals surface area contributed by atoms with Gasteiger partial charge < -0.3 is 15.0 Å². The van der Waals surface area contributed by atoms with Gasteiger partial charge >= 0.3 is 11.9 Å². The number of nitrogens with one attached hydrogen (secondary N) is 1. The Hall–Kier alpha value is -1.10. The number of carbonyl (C=O) groups excluding carboxylic acids is 2. The summed E-state index contributed by atoms with van der Waals surface area (Å²) in [4.78, 5) is 24.3. The van der Waals surface area contributed by atoms with Gasteiger partial charge in [-0.05, 0) is 32.9 Å². The van der Waals surface area contributed by atoms with Gasteiger partial charge in [0.25, 0.3) is 0 Å². The average Bonchev–Trinajstić information content (AvgIpc) is 2.61. The molecule has 5 heteroatoms. The van der Waals surface area contributed by atoms with E-state index in [1.807, 2.05) is 7.05 Å². The lowest BCUT2D eigenvalue weighted by Gasteiger charge is -2.10. The molecule has 1 atom stereocenters. The molecule has 1 fully saturated rings. The average molecular weight is 214 g/mol. The van der Waals surface area contributed by atoms with Gasteiger partial charge in [0.05, 0.1) is 6.61 Å². The topological polar surface area (TPSA) is 58.6 Å². The highest BCUT2D eigenvalue weighted by Crippen LogP contribution is 2.12. The van der Waals surface area contributed by atoms with Crippen molar-refractivity contribution in [2.75, 3.05) is 33.3 Å². The number of ether oxygens (including phenoxy) is 1. The Bertz CT molecular complexity index is 243. The van der Waals surface area contributed by atoms with E-state index in [0.29, 0.717) is 12.5 Å². The molecule has 0 bridgehead atoms. The predicted molar refractivity (Wildman–Crippen MR) is 55.2 cm³/mol. The Morgan fingerprint density at radius 1 is 1.53 bits per heavy atom. The molecule has 1 aliphatic heterocycles. The summed E-state index contributed by atoms with van der Waals surface area (Å²) in [5, 5.41) is 2.59. The monoisotopic (exact) mass is 214 g/mol. The molecule has 1 rings (SSSR count). The van der Waals surface area contributed by atoms with E-state index in [4.69, 9.17) is 0 Å². The van der Waals surface area contributed by atoms with Gasteiger partial charge in [0, 0.05) is 13.1 Å². The molecule has 0 radical (unpaired) electrons. The summed E-state index contributed by atoms with van der Waals surface area (Å²) in [7, 11) is 2.05. The van der Waals surface area contributed by atoms with Crippen LogP contribution >= 0.6 is 0 Å². The van der Waals surface area contributed by atoms with Crippen molar-refractivity contribution in [1.29, 1.82) is 0 Å². The van der Waals surface area contributed by atoms with Crippen molar-refractivity contribution in [3.05, 3.63) is 0 Å². The zero-order valence-corrected chi connectivity index (χ0v) is 9.28. The molecule has 0 aromatic rings. The number of likely N-dealkylation sites (tertiary alicyclic amines) is 1. The third kappa shape index (κ3) is 3.87. The standard InChI is InChI=1S/C10H18N2O3/c1-3-15-10(14)9(13)11-6-8-4-5-12(2)7-8/h8H,3-7H2,1-2H3,(H,11,13). The van der Waals surface area contributed by atoms with E-state index in [2.05, 4.69) is 15.0 Å². The van der Waals surface area contributed by atoms with Crippen LogP contribution in [0.4, 0.5) is 0 Å². The van der Waals surface area contributed by atoms with Gasteiger partial charge in [-0.1, -0.05) is 0 Å². The summed E-state index contributed by atoms with van der Waals surface area (Å²) in [5.41, 5.74) is 0. The molecule has 0 saturated carbocycles. The van der Waals surface area contributed by atoms with Gasteiger partial charge in [0.1, 0.15) is 0 Å². The van der Waals surface area contributed by atoms with Gasteiger partial charge in [-0.15, -0.1) is 0 Å². The molecule has 1 amide bonds. The number of amides is 1. The van der Waals surface area contributed by atoms with Crippen LogP contribution in [0.2, 0.25) is 0 Å². The van der Waals surface area contributed by atoms with Crippen molar-refractivity contribution < 1.29 is 14.3 Å². The van der Waals surface area contributed by atoms with Crippen molar-refractivity contribution in [3.63, 3.8) is 0 Å². The van der Waals surface area contributed by atoms with Gasteiger partial charge in [-0.2, -0.15) is 0 Å². The first-order valence-corrected chi connectivity index (χ1v) is 5.27. The van der Waals surface area contributed by atoms with Crippen LogP contribution < -0.4 is 5.32 Å². The largest absolute Gasteiger partial charge is 0.459 e. The van der Waals surface area contributed by atoms with Gasteiger partial charge in [0.15, 0.2) is 0 Å². The molecule has 0 spiro atoms. The maximum absolute atomic E-state index is 11.2. The van der Waals surface area contributed by atoms with Gasteiger partial charge in [-0.25, -0.2) is 4.79 Å². The third-order valence-corrected chi connectivity index (χ3v) is 2.50. The predicted octanol–water partition coefficient (Wildman–Crippen LogP) is -0.383. The van der Waals surface area contributed by atoms with Crippen LogP contribution in [0.25, 0.3) is 0 Å². The molecule has 0 aromatic carbocycles. The SMILES string of the molecule is CCOC(=O)C(=O)NCC1CCN(C)C1. The van der Waals surface area contributed by atoms with Crippen LogP contribution in [0.15, 0.2) is 0 Å². The summed E-state index contributed by atoms with van der Waals surface area (Å²) in [6.07, 6.45) is 1.07. The van der Waals surface area contributed by atoms with Crippen molar-refractivity contribution in [2.45, 2.75) is 13.3 Å². The Kier molecular flexibility index (Phi) is 4.55. The Balaban J connectivity index is 2.19. The molecule has 1 heterocycles. The summed E-state index contributed by atoms with van der Waals surface area (Å²) in [6, 6.07) is 0. The fraction of sp³-hybridized carbons (Fsp3) is 0.800. The molecule has 86 valence electrons. The summed E-state index contributed by atoms with van der Waals surface area (Å²) < 4.78 is 4.58. The van der Waals surface area contributed by atoms with Gasteiger partial charge in [-0.3, -0.25) is 4.79 Å². The molecule has 0 aromatic heterocycles. The fourth-order valence-electron chi connectivity index (χ4n) is 1.70. The zero-order valence-electron chi connectivity index (χ0n) is 9.28. The lowest BCUT2D eigenvalue weighted by Crippen LogP contribution is -2.36. The minimum absolute atomic E-state index is 0.235.